The Bertz CT molecular complexity index is 205. The summed E-state index contributed by atoms with van der Waals surface area (Å²) in [6, 6.07) is 0. The zero-order valence-corrected chi connectivity index (χ0v) is 6.91. The van der Waals surface area contributed by atoms with Crippen molar-refractivity contribution >= 4 is 11.9 Å². The molecule has 0 unspecified atom stereocenters. The van der Waals surface area contributed by atoms with Gasteiger partial charge in [0.1, 0.15) is 0 Å². The number of hydrogen-bond donors (Lipinski definition) is 2. The second-order valence-corrected chi connectivity index (χ2v) is 2.39. The first kappa shape index (κ1) is 10.7. The Balaban J connectivity index is 4.00. The van der Waals surface area contributed by atoms with Crippen molar-refractivity contribution in [3.05, 3.63) is 11.6 Å². The van der Waals surface area contributed by atoms with Gasteiger partial charge in [-0.15, -0.1) is 0 Å². The van der Waals surface area contributed by atoms with Crippen LogP contribution < -0.4 is 0 Å². The molecule has 2 N–H and O–H groups in total. The predicted molar refractivity (Wildman–Crippen MR) is 42.9 cm³/mol. The van der Waals surface area contributed by atoms with Crippen molar-refractivity contribution in [2.75, 3.05) is 0 Å². The van der Waals surface area contributed by atoms with Crippen molar-refractivity contribution in [2.45, 2.75) is 26.2 Å². The summed E-state index contributed by atoms with van der Waals surface area (Å²) in [7, 11) is 0. The summed E-state index contributed by atoms with van der Waals surface area (Å²) in [5.41, 5.74) is 0.657. The molecule has 0 aliphatic carbocycles. The Hall–Kier alpha value is -1.32. The van der Waals surface area contributed by atoms with Crippen molar-refractivity contribution in [1.29, 1.82) is 0 Å². The van der Waals surface area contributed by atoms with E-state index in [1.807, 2.05) is 0 Å². The standard InChI is InChI=1S/C8H12O4/c1-2-6(5-8(11)12)3-4-7(9)10/h5H,2-4H2,1H3,(H,9,10)(H,11,12). The first-order valence-electron chi connectivity index (χ1n) is 3.70. The lowest BCUT2D eigenvalue weighted by molar-refractivity contribution is -0.137. The molecule has 4 heteroatoms. The number of carboxylic acid groups (broad SMARTS) is 2. The van der Waals surface area contributed by atoms with Crippen molar-refractivity contribution in [1.82, 2.24) is 0 Å². The number of allylic oxidation sites excluding steroid dienone is 1. The lowest BCUT2D eigenvalue weighted by Crippen LogP contribution is -1.97. The Morgan fingerprint density at radius 2 is 1.83 bits per heavy atom. The molecular formula is C8H12O4. The highest BCUT2D eigenvalue weighted by molar-refractivity contribution is 5.80. The van der Waals surface area contributed by atoms with Crippen LogP contribution in [0.4, 0.5) is 0 Å². The smallest absolute Gasteiger partial charge is 0.328 e. The molecule has 0 bridgehead atoms. The van der Waals surface area contributed by atoms with E-state index in [2.05, 4.69) is 0 Å². The third-order valence-corrected chi connectivity index (χ3v) is 1.44. The van der Waals surface area contributed by atoms with Gasteiger partial charge in [-0.1, -0.05) is 12.5 Å². The largest absolute Gasteiger partial charge is 0.481 e. The summed E-state index contributed by atoms with van der Waals surface area (Å²) in [6.45, 7) is 1.80. The van der Waals surface area contributed by atoms with Gasteiger partial charge >= 0.3 is 11.9 Å². The minimum absolute atomic E-state index is 0.00699. The number of hydrogen-bond acceptors (Lipinski definition) is 2. The molecule has 0 saturated carbocycles. The average Bonchev–Trinajstić information content (AvgIpc) is 1.97. The molecule has 0 heterocycles. The van der Waals surface area contributed by atoms with Crippen LogP contribution in [0.25, 0.3) is 0 Å². The molecule has 0 spiro atoms. The van der Waals surface area contributed by atoms with Crippen molar-refractivity contribution in [2.24, 2.45) is 0 Å². The molecule has 0 rings (SSSR count). The highest BCUT2D eigenvalue weighted by Gasteiger charge is 2.01. The van der Waals surface area contributed by atoms with E-state index in [9.17, 15) is 9.59 Å². The monoisotopic (exact) mass is 172 g/mol. The number of rotatable bonds is 5. The topological polar surface area (TPSA) is 74.6 Å². The van der Waals surface area contributed by atoms with Crippen LogP contribution in [0.1, 0.15) is 26.2 Å². The van der Waals surface area contributed by atoms with Crippen LogP contribution in [0.5, 0.6) is 0 Å². The SMILES string of the molecule is CCC(=CC(=O)O)CCC(=O)O. The van der Waals surface area contributed by atoms with Gasteiger partial charge in [0.15, 0.2) is 0 Å². The molecule has 0 aliphatic heterocycles. The summed E-state index contributed by atoms with van der Waals surface area (Å²) in [4.78, 5) is 20.3. The molecule has 0 aromatic rings. The van der Waals surface area contributed by atoms with Crippen LogP contribution >= 0.6 is 0 Å². The minimum atomic E-state index is -1.02. The van der Waals surface area contributed by atoms with Crippen LogP contribution in [0.15, 0.2) is 11.6 Å². The molecule has 0 amide bonds. The molecule has 12 heavy (non-hydrogen) atoms. The number of carbonyl (C=O) groups is 2. The zero-order valence-electron chi connectivity index (χ0n) is 6.91. The van der Waals surface area contributed by atoms with Gasteiger partial charge in [0.2, 0.25) is 0 Å². The summed E-state index contributed by atoms with van der Waals surface area (Å²) in [5, 5.41) is 16.7. The zero-order chi connectivity index (χ0) is 9.56. The van der Waals surface area contributed by atoms with Crippen molar-refractivity contribution in [3.8, 4) is 0 Å². The van der Waals surface area contributed by atoms with E-state index in [1.54, 1.807) is 6.92 Å². The molecular weight excluding hydrogens is 160 g/mol. The molecule has 0 aromatic carbocycles. The van der Waals surface area contributed by atoms with Gasteiger partial charge in [0, 0.05) is 12.5 Å². The first-order valence-corrected chi connectivity index (χ1v) is 3.70. The molecule has 0 atom stereocenters. The summed E-state index contributed by atoms with van der Waals surface area (Å²) >= 11 is 0. The highest BCUT2D eigenvalue weighted by atomic mass is 16.4. The molecule has 68 valence electrons. The van der Waals surface area contributed by atoms with Gasteiger partial charge in [0.25, 0.3) is 0 Å². The van der Waals surface area contributed by atoms with Crippen LogP contribution in [-0.2, 0) is 9.59 Å². The van der Waals surface area contributed by atoms with E-state index in [0.29, 0.717) is 18.4 Å². The summed E-state index contributed by atoms with van der Waals surface area (Å²) in [6.07, 6.45) is 1.97. The fourth-order valence-electron chi connectivity index (χ4n) is 0.793. The second kappa shape index (κ2) is 5.35. The van der Waals surface area contributed by atoms with Gasteiger partial charge in [0.05, 0.1) is 0 Å². The maximum absolute atomic E-state index is 10.2. The van der Waals surface area contributed by atoms with E-state index >= 15 is 0 Å². The lowest BCUT2D eigenvalue weighted by atomic mass is 10.1. The minimum Gasteiger partial charge on any atom is -0.481 e. The summed E-state index contributed by atoms with van der Waals surface area (Å²) in [5.74, 6) is -1.92. The van der Waals surface area contributed by atoms with E-state index in [1.165, 1.54) is 0 Å². The predicted octanol–water partition coefficient (Wildman–Crippen LogP) is 1.27. The second-order valence-electron chi connectivity index (χ2n) is 2.39. The fraction of sp³-hybridized carbons (Fsp3) is 0.500. The Labute approximate surface area is 70.5 Å². The van der Waals surface area contributed by atoms with Gasteiger partial charge in [-0.3, -0.25) is 4.79 Å². The van der Waals surface area contributed by atoms with Crippen molar-refractivity contribution < 1.29 is 19.8 Å². The maximum Gasteiger partial charge on any atom is 0.328 e. The van der Waals surface area contributed by atoms with Gasteiger partial charge in [-0.2, -0.15) is 0 Å². The number of carboxylic acids is 2. The molecule has 0 saturated heterocycles. The quantitative estimate of drug-likeness (QED) is 0.612. The molecule has 0 aliphatic rings. The Kier molecular flexibility index (Phi) is 4.76. The Morgan fingerprint density at radius 1 is 1.25 bits per heavy atom. The van der Waals surface area contributed by atoms with E-state index in [4.69, 9.17) is 10.2 Å². The summed E-state index contributed by atoms with van der Waals surface area (Å²) < 4.78 is 0. The van der Waals surface area contributed by atoms with Crippen LogP contribution in [0.2, 0.25) is 0 Å². The lowest BCUT2D eigenvalue weighted by Gasteiger charge is -1.99. The van der Waals surface area contributed by atoms with Crippen molar-refractivity contribution in [3.63, 3.8) is 0 Å². The molecule has 0 aromatic heterocycles. The van der Waals surface area contributed by atoms with E-state index in [0.717, 1.165) is 6.08 Å². The highest BCUT2D eigenvalue weighted by Crippen LogP contribution is 2.08. The van der Waals surface area contributed by atoms with Gasteiger partial charge in [-0.25, -0.2) is 4.79 Å². The van der Waals surface area contributed by atoms with Crippen LogP contribution in [-0.4, -0.2) is 22.2 Å². The molecule has 0 radical (unpaired) electrons. The maximum atomic E-state index is 10.2. The Morgan fingerprint density at radius 3 is 2.17 bits per heavy atom. The average molecular weight is 172 g/mol. The first-order chi connectivity index (χ1) is 5.56. The van der Waals surface area contributed by atoms with E-state index in [-0.39, 0.29) is 6.42 Å². The normalized spacial score (nSPS) is 11.2. The van der Waals surface area contributed by atoms with Gasteiger partial charge in [-0.05, 0) is 12.8 Å². The number of aliphatic carboxylic acids is 2. The van der Waals surface area contributed by atoms with Crippen LogP contribution in [0.3, 0.4) is 0 Å². The third kappa shape index (κ3) is 5.46. The van der Waals surface area contributed by atoms with E-state index < -0.39 is 11.9 Å². The molecule has 4 nitrogen and oxygen atoms in total. The third-order valence-electron chi connectivity index (χ3n) is 1.44. The van der Waals surface area contributed by atoms with Crippen LogP contribution in [0, 0.1) is 0 Å². The fourth-order valence-corrected chi connectivity index (χ4v) is 0.793. The van der Waals surface area contributed by atoms with Gasteiger partial charge < -0.3 is 10.2 Å². The molecule has 0 fully saturated rings.